The Bertz CT molecular complexity index is 552. The van der Waals surface area contributed by atoms with Gasteiger partial charge in [0.15, 0.2) is 0 Å². The van der Waals surface area contributed by atoms with Crippen molar-refractivity contribution in [1.29, 1.82) is 0 Å². The van der Waals surface area contributed by atoms with Crippen molar-refractivity contribution >= 4 is 22.6 Å². The van der Waals surface area contributed by atoms with Crippen molar-refractivity contribution in [2.24, 2.45) is 0 Å². The average Bonchev–Trinajstić information content (AvgIpc) is 2.39. The molecule has 2 aromatic rings. The second-order valence-corrected chi connectivity index (χ2v) is 5.61. The number of phenolic OH excluding ortho intramolecular Hbond substituents is 2. The summed E-state index contributed by atoms with van der Waals surface area (Å²) in [4.78, 5) is 0. The van der Waals surface area contributed by atoms with Crippen LogP contribution in [0.3, 0.4) is 0 Å². The van der Waals surface area contributed by atoms with Gasteiger partial charge in [0, 0.05) is 9.49 Å². The summed E-state index contributed by atoms with van der Waals surface area (Å²) in [6, 6.07) is 12.1. The molecule has 0 aromatic heterocycles. The highest BCUT2D eigenvalue weighted by Crippen LogP contribution is 2.26. The van der Waals surface area contributed by atoms with Crippen molar-refractivity contribution in [3.05, 3.63) is 57.2 Å². The first-order valence-electron chi connectivity index (χ1n) is 5.97. The Kier molecular flexibility index (Phi) is 4.66. The van der Waals surface area contributed by atoms with Gasteiger partial charge in [0.2, 0.25) is 0 Å². The van der Waals surface area contributed by atoms with Crippen molar-refractivity contribution in [2.75, 3.05) is 6.61 Å². The lowest BCUT2D eigenvalue weighted by molar-refractivity contribution is 0.264. The third kappa shape index (κ3) is 3.61. The largest absolute Gasteiger partial charge is 0.508 e. The molecule has 0 spiro atoms. The second kappa shape index (κ2) is 6.25. The van der Waals surface area contributed by atoms with Crippen LogP contribution < -0.4 is 0 Å². The second-order valence-electron chi connectivity index (χ2n) is 4.45. The molecule has 0 bridgehead atoms. The summed E-state index contributed by atoms with van der Waals surface area (Å²) in [6.07, 6.45) is 0.694. The van der Waals surface area contributed by atoms with Gasteiger partial charge < -0.3 is 15.3 Å². The molecule has 0 aliphatic heterocycles. The molecule has 0 aliphatic carbocycles. The van der Waals surface area contributed by atoms with Crippen LogP contribution in [0.25, 0.3) is 0 Å². The summed E-state index contributed by atoms with van der Waals surface area (Å²) in [5, 5.41) is 28.2. The van der Waals surface area contributed by atoms with Crippen molar-refractivity contribution in [1.82, 2.24) is 0 Å². The summed E-state index contributed by atoms with van der Waals surface area (Å²) in [5.41, 5.74) is 2.08. The maximum absolute atomic E-state index is 9.54. The molecule has 2 rings (SSSR count). The zero-order valence-corrected chi connectivity index (χ0v) is 12.4. The van der Waals surface area contributed by atoms with E-state index in [0.717, 1.165) is 14.7 Å². The number of aromatic hydroxyl groups is 2. The molecule has 1 unspecified atom stereocenters. The maximum atomic E-state index is 9.54. The van der Waals surface area contributed by atoms with Crippen LogP contribution in [0.5, 0.6) is 11.5 Å². The van der Waals surface area contributed by atoms with E-state index in [1.807, 2.05) is 18.2 Å². The normalized spacial score (nSPS) is 12.3. The van der Waals surface area contributed by atoms with Crippen LogP contribution in [0, 0.1) is 3.57 Å². The summed E-state index contributed by atoms with van der Waals surface area (Å²) >= 11 is 2.18. The molecular formula is C15H15IO3. The van der Waals surface area contributed by atoms with Crippen LogP contribution in [0.1, 0.15) is 17.0 Å². The minimum Gasteiger partial charge on any atom is -0.508 e. The Morgan fingerprint density at radius 1 is 0.947 bits per heavy atom. The molecule has 0 radical (unpaired) electrons. The third-order valence-electron chi connectivity index (χ3n) is 3.09. The number of benzene rings is 2. The molecular weight excluding hydrogens is 355 g/mol. The summed E-state index contributed by atoms with van der Waals surface area (Å²) < 4.78 is 0.981. The fraction of sp³-hybridized carbons (Fsp3) is 0.200. The minimum absolute atomic E-state index is 0.0151. The quantitative estimate of drug-likeness (QED) is 0.726. The predicted octanol–water partition coefficient (Wildman–Crippen LogP) is 3.02. The lowest BCUT2D eigenvalue weighted by atomic mass is 9.92. The highest BCUT2D eigenvalue weighted by molar-refractivity contribution is 14.1. The lowest BCUT2D eigenvalue weighted by Gasteiger charge is -2.16. The average molecular weight is 370 g/mol. The van der Waals surface area contributed by atoms with E-state index in [0.29, 0.717) is 6.42 Å². The van der Waals surface area contributed by atoms with E-state index in [1.165, 1.54) is 0 Å². The highest BCUT2D eigenvalue weighted by atomic mass is 127. The number of aliphatic hydroxyl groups excluding tert-OH is 1. The van der Waals surface area contributed by atoms with Crippen molar-refractivity contribution in [2.45, 2.75) is 12.3 Å². The van der Waals surface area contributed by atoms with Gasteiger partial charge in [-0.2, -0.15) is 0 Å². The Morgan fingerprint density at radius 2 is 1.58 bits per heavy atom. The SMILES string of the molecule is OCC(Cc1ccc(O)cc1I)c1ccc(O)cc1. The van der Waals surface area contributed by atoms with Gasteiger partial charge in [-0.1, -0.05) is 18.2 Å². The third-order valence-corrected chi connectivity index (χ3v) is 4.09. The minimum atomic E-state index is -0.0151. The molecule has 3 nitrogen and oxygen atoms in total. The van der Waals surface area contributed by atoms with Gasteiger partial charge in [-0.3, -0.25) is 0 Å². The molecule has 100 valence electrons. The Balaban J connectivity index is 2.21. The monoisotopic (exact) mass is 370 g/mol. The smallest absolute Gasteiger partial charge is 0.116 e. The maximum Gasteiger partial charge on any atom is 0.116 e. The molecule has 0 saturated heterocycles. The first-order chi connectivity index (χ1) is 9.10. The molecule has 0 fully saturated rings. The summed E-state index contributed by atoms with van der Waals surface area (Å²) in [6.45, 7) is 0.0434. The number of hydrogen-bond donors (Lipinski definition) is 3. The van der Waals surface area contributed by atoms with E-state index < -0.39 is 0 Å². The van der Waals surface area contributed by atoms with E-state index in [-0.39, 0.29) is 24.0 Å². The number of phenols is 2. The van der Waals surface area contributed by atoms with Gasteiger partial charge in [0.05, 0.1) is 6.61 Å². The van der Waals surface area contributed by atoms with Gasteiger partial charge in [-0.25, -0.2) is 0 Å². The molecule has 0 amide bonds. The van der Waals surface area contributed by atoms with Crippen LogP contribution >= 0.6 is 22.6 Å². The Labute approximate surface area is 125 Å². The Morgan fingerprint density at radius 3 is 2.16 bits per heavy atom. The number of hydrogen-bond acceptors (Lipinski definition) is 3. The summed E-state index contributed by atoms with van der Waals surface area (Å²) in [5.74, 6) is 0.455. The van der Waals surface area contributed by atoms with Gasteiger partial charge >= 0.3 is 0 Å². The molecule has 0 heterocycles. The first kappa shape index (κ1) is 14.1. The molecule has 0 aliphatic rings. The van der Waals surface area contributed by atoms with Crippen LogP contribution in [0.15, 0.2) is 42.5 Å². The molecule has 1 atom stereocenters. The van der Waals surface area contributed by atoms with E-state index in [9.17, 15) is 15.3 Å². The van der Waals surface area contributed by atoms with E-state index in [1.54, 1.807) is 24.3 Å². The first-order valence-corrected chi connectivity index (χ1v) is 7.05. The van der Waals surface area contributed by atoms with Gasteiger partial charge in [0.1, 0.15) is 11.5 Å². The van der Waals surface area contributed by atoms with Crippen LogP contribution in [-0.4, -0.2) is 21.9 Å². The Hall–Kier alpha value is -1.27. The van der Waals surface area contributed by atoms with Gasteiger partial charge in [0.25, 0.3) is 0 Å². The fourth-order valence-electron chi connectivity index (χ4n) is 2.00. The van der Waals surface area contributed by atoms with Crippen LogP contribution in [0.4, 0.5) is 0 Å². The highest BCUT2D eigenvalue weighted by Gasteiger charge is 2.13. The van der Waals surface area contributed by atoms with E-state index in [4.69, 9.17) is 0 Å². The van der Waals surface area contributed by atoms with Gasteiger partial charge in [-0.05, 0) is 64.4 Å². The molecule has 4 heteroatoms. The van der Waals surface area contributed by atoms with E-state index in [2.05, 4.69) is 22.6 Å². The van der Waals surface area contributed by atoms with Crippen molar-refractivity contribution in [3.63, 3.8) is 0 Å². The molecule has 3 N–H and O–H groups in total. The molecule has 0 saturated carbocycles. The summed E-state index contributed by atoms with van der Waals surface area (Å²) in [7, 11) is 0. The van der Waals surface area contributed by atoms with E-state index >= 15 is 0 Å². The predicted molar refractivity (Wildman–Crippen MR) is 82.5 cm³/mol. The molecule has 19 heavy (non-hydrogen) atoms. The zero-order chi connectivity index (χ0) is 13.8. The van der Waals surface area contributed by atoms with Crippen molar-refractivity contribution in [3.8, 4) is 11.5 Å². The number of rotatable bonds is 4. The standard InChI is InChI=1S/C15H15IO3/c16-15-8-14(19)6-3-11(15)7-12(9-17)10-1-4-13(18)5-2-10/h1-6,8,12,17-19H,7,9H2. The van der Waals surface area contributed by atoms with Crippen molar-refractivity contribution < 1.29 is 15.3 Å². The van der Waals surface area contributed by atoms with Crippen LogP contribution in [-0.2, 0) is 6.42 Å². The molecule has 2 aromatic carbocycles. The van der Waals surface area contributed by atoms with Crippen LogP contribution in [0.2, 0.25) is 0 Å². The topological polar surface area (TPSA) is 60.7 Å². The lowest BCUT2D eigenvalue weighted by Crippen LogP contribution is -2.08. The fourth-order valence-corrected chi connectivity index (χ4v) is 2.72. The number of aliphatic hydroxyl groups is 1. The number of halogens is 1. The zero-order valence-electron chi connectivity index (χ0n) is 10.3. The van der Waals surface area contributed by atoms with Gasteiger partial charge in [-0.15, -0.1) is 0 Å².